The van der Waals surface area contributed by atoms with Crippen LogP contribution in [-0.2, 0) is 18.4 Å². The van der Waals surface area contributed by atoms with Crippen molar-refractivity contribution in [2.75, 3.05) is 59.2 Å². The summed E-state index contributed by atoms with van der Waals surface area (Å²) in [7, 11) is 7.03. The molecule has 300 valence electrons. The lowest BCUT2D eigenvalue weighted by Crippen LogP contribution is -2.52. The van der Waals surface area contributed by atoms with E-state index < -0.39 is 17.5 Å². The molecule has 1 fully saturated rings. The van der Waals surface area contributed by atoms with Gasteiger partial charge in [0.25, 0.3) is 11.8 Å². The number of pyridine rings is 1. The molecular weight excluding hydrogens is 756 g/mol. The van der Waals surface area contributed by atoms with Gasteiger partial charge in [0.1, 0.15) is 0 Å². The lowest BCUT2D eigenvalue weighted by atomic mass is 10.00. The molecule has 13 nitrogen and oxygen atoms in total. The minimum atomic E-state index is -1.10. The predicted octanol–water partition coefficient (Wildman–Crippen LogP) is 6.16. The van der Waals surface area contributed by atoms with Gasteiger partial charge in [0.2, 0.25) is 11.8 Å². The molecule has 6 rings (SSSR count). The minimum absolute atomic E-state index is 0.0335. The molecule has 1 aliphatic heterocycles. The van der Waals surface area contributed by atoms with E-state index in [4.69, 9.17) is 16.3 Å². The molecule has 0 bridgehead atoms. The Morgan fingerprint density at radius 3 is 2.37 bits per heavy atom. The first kappa shape index (κ1) is 41.0. The van der Waals surface area contributed by atoms with E-state index in [0.717, 1.165) is 19.4 Å². The molecule has 0 saturated carbocycles. The van der Waals surface area contributed by atoms with Crippen molar-refractivity contribution in [1.29, 1.82) is 0 Å². The van der Waals surface area contributed by atoms with Crippen molar-refractivity contribution < 1.29 is 27.9 Å². The number of nitrogens with zero attached hydrogens (tertiary/aromatic N) is 8. The number of rotatable bonds is 13. The Hall–Kier alpha value is -5.67. The molecule has 4 heterocycles. The van der Waals surface area contributed by atoms with Crippen molar-refractivity contribution in [3.63, 3.8) is 0 Å². The Labute approximate surface area is 335 Å². The number of piperazine rings is 1. The molecule has 1 saturated heterocycles. The molecule has 57 heavy (non-hydrogen) atoms. The monoisotopic (exact) mass is 801 g/mol. The number of imidazole rings is 1. The Morgan fingerprint density at radius 2 is 1.68 bits per heavy atom. The van der Waals surface area contributed by atoms with Crippen LogP contribution in [-0.4, -0.2) is 111 Å². The number of aryl methyl sites for hydroxylation is 1. The number of anilines is 1. The fourth-order valence-corrected chi connectivity index (χ4v) is 7.20. The molecule has 3 aromatic heterocycles. The molecule has 16 heteroatoms. The van der Waals surface area contributed by atoms with E-state index in [0.29, 0.717) is 61.2 Å². The van der Waals surface area contributed by atoms with Crippen LogP contribution in [0.15, 0.2) is 60.9 Å². The van der Waals surface area contributed by atoms with E-state index in [1.165, 1.54) is 49.2 Å². The molecular formula is C41H46ClF2N9O4. The number of carbonyl (C=O) groups excluding carboxylic acids is 3. The number of halogens is 3. The van der Waals surface area contributed by atoms with E-state index in [1.807, 2.05) is 38.1 Å². The summed E-state index contributed by atoms with van der Waals surface area (Å²) in [5, 5.41) is 7.34. The summed E-state index contributed by atoms with van der Waals surface area (Å²) in [6.07, 6.45) is 4.48. The van der Waals surface area contributed by atoms with Crippen LogP contribution in [0.3, 0.4) is 0 Å². The molecule has 0 radical (unpaired) electrons. The first-order valence-electron chi connectivity index (χ1n) is 18.7. The van der Waals surface area contributed by atoms with Crippen LogP contribution in [0, 0.1) is 24.5 Å². The third-order valence-electron chi connectivity index (χ3n) is 10.2. The lowest BCUT2D eigenvalue weighted by molar-refractivity contribution is -0.137. The molecule has 5 aromatic rings. The van der Waals surface area contributed by atoms with Crippen LogP contribution < -0.4 is 10.1 Å². The summed E-state index contributed by atoms with van der Waals surface area (Å²) < 4.78 is 39.6. The average molecular weight is 802 g/mol. The van der Waals surface area contributed by atoms with E-state index in [9.17, 15) is 14.4 Å². The average Bonchev–Trinajstić information content (AvgIpc) is 3.76. The van der Waals surface area contributed by atoms with Crippen LogP contribution in [0.1, 0.15) is 52.1 Å². The van der Waals surface area contributed by atoms with Crippen LogP contribution in [0.2, 0.25) is 5.02 Å². The maximum atomic E-state index is 15.7. The van der Waals surface area contributed by atoms with Gasteiger partial charge in [-0.2, -0.15) is 5.10 Å². The maximum Gasteiger partial charge on any atom is 0.291 e. The molecule has 1 atom stereocenters. The molecule has 3 amide bonds. The lowest BCUT2D eigenvalue weighted by Gasteiger charge is -2.36. The van der Waals surface area contributed by atoms with Crippen molar-refractivity contribution in [2.24, 2.45) is 13.0 Å². The largest absolute Gasteiger partial charge is 0.481 e. The van der Waals surface area contributed by atoms with Crippen molar-refractivity contribution in [3.8, 4) is 28.3 Å². The zero-order valence-electron chi connectivity index (χ0n) is 32.9. The molecule has 1 N–H and O–H groups in total. The highest BCUT2D eigenvalue weighted by Crippen LogP contribution is 2.33. The SMILES string of the molecule is CCC(CCN(C)C)C(=O)N1CCN(C(=O)c2ccc(NC(=O)c3ncc(-c4ccc(-c5cn(Cc6cccc(OC)n6)nc5C)c(F)c4F)n3C)cc2Cl)CC1. The van der Waals surface area contributed by atoms with Gasteiger partial charge in [-0.25, -0.2) is 18.7 Å². The third-order valence-corrected chi connectivity index (χ3v) is 10.5. The highest BCUT2D eigenvalue weighted by Gasteiger charge is 2.30. The molecule has 0 aliphatic carbocycles. The van der Waals surface area contributed by atoms with Crippen LogP contribution >= 0.6 is 11.6 Å². The summed E-state index contributed by atoms with van der Waals surface area (Å²) in [4.78, 5) is 54.1. The zero-order valence-corrected chi connectivity index (χ0v) is 33.6. The van der Waals surface area contributed by atoms with Crippen molar-refractivity contribution >= 4 is 35.0 Å². The normalized spacial score (nSPS) is 13.6. The fraction of sp³-hybridized carbons (Fsp3) is 0.366. The van der Waals surface area contributed by atoms with E-state index in [1.54, 1.807) is 34.8 Å². The van der Waals surface area contributed by atoms with Crippen molar-refractivity contribution in [2.45, 2.75) is 33.2 Å². The highest BCUT2D eigenvalue weighted by atomic mass is 35.5. The van der Waals surface area contributed by atoms with Gasteiger partial charge in [0, 0.05) is 73.8 Å². The molecule has 2 aromatic carbocycles. The zero-order chi connectivity index (χ0) is 41.0. The summed E-state index contributed by atoms with van der Waals surface area (Å²) in [6, 6.07) is 12.8. The number of methoxy groups -OCH3 is 1. The van der Waals surface area contributed by atoms with Crippen molar-refractivity contribution in [3.05, 3.63) is 100 Å². The van der Waals surface area contributed by atoms with E-state index in [-0.39, 0.29) is 51.0 Å². The van der Waals surface area contributed by atoms with Crippen LogP contribution in [0.25, 0.3) is 22.4 Å². The number of hydrogen-bond donors (Lipinski definition) is 1. The van der Waals surface area contributed by atoms with Crippen LogP contribution in [0.4, 0.5) is 14.5 Å². The first-order valence-corrected chi connectivity index (χ1v) is 19.0. The van der Waals surface area contributed by atoms with Gasteiger partial charge in [-0.3, -0.25) is 19.1 Å². The standard InChI is InChI=1S/C41H46ClF2N9O4/c1-7-26(15-16-49(3)4)40(55)51-17-19-52(20-18-51)41(56)30-12-11-27(21-33(30)42)47-39(54)38-45-22-34(50(38)5)31-14-13-29(36(43)37(31)44)32-24-53(48-25(32)2)23-28-9-8-10-35(46-28)57-6/h8-14,21-22,24,26H,7,15-20,23H2,1-6H3,(H,47,54). The molecule has 0 spiro atoms. The summed E-state index contributed by atoms with van der Waals surface area (Å²) in [6.45, 7) is 6.51. The predicted molar refractivity (Wildman–Crippen MR) is 213 cm³/mol. The summed E-state index contributed by atoms with van der Waals surface area (Å²) >= 11 is 6.56. The minimum Gasteiger partial charge on any atom is -0.481 e. The van der Waals surface area contributed by atoms with Crippen LogP contribution in [0.5, 0.6) is 5.88 Å². The Kier molecular flexibility index (Phi) is 12.7. The van der Waals surface area contributed by atoms with E-state index >= 15 is 8.78 Å². The number of hydrogen-bond acceptors (Lipinski definition) is 8. The number of nitrogens with one attached hydrogen (secondary N) is 1. The second-order valence-corrected chi connectivity index (χ2v) is 14.7. The Balaban J connectivity index is 1.10. The number of carbonyl (C=O) groups is 3. The van der Waals surface area contributed by atoms with Gasteiger partial charge in [0.05, 0.1) is 47.5 Å². The number of ether oxygens (including phenoxy) is 1. The van der Waals surface area contributed by atoms with E-state index in [2.05, 4.69) is 25.3 Å². The third kappa shape index (κ3) is 8.99. The second-order valence-electron chi connectivity index (χ2n) is 14.3. The number of aromatic nitrogens is 5. The van der Waals surface area contributed by atoms with Gasteiger partial charge >= 0.3 is 0 Å². The first-order chi connectivity index (χ1) is 27.3. The molecule has 1 unspecified atom stereocenters. The maximum absolute atomic E-state index is 15.7. The van der Waals surface area contributed by atoms with Gasteiger partial charge in [-0.1, -0.05) is 30.7 Å². The highest BCUT2D eigenvalue weighted by molar-refractivity contribution is 6.34. The molecule has 1 aliphatic rings. The van der Waals surface area contributed by atoms with Crippen molar-refractivity contribution in [1.82, 2.24) is 39.0 Å². The summed E-state index contributed by atoms with van der Waals surface area (Å²) in [5.41, 5.74) is 2.32. The Bertz CT molecular complexity index is 2280. The van der Waals surface area contributed by atoms with Gasteiger partial charge in [-0.15, -0.1) is 0 Å². The van der Waals surface area contributed by atoms with Gasteiger partial charge < -0.3 is 29.3 Å². The fourth-order valence-electron chi connectivity index (χ4n) is 6.94. The number of amides is 3. The van der Waals surface area contributed by atoms with Gasteiger partial charge in [-0.05, 0) is 70.7 Å². The second kappa shape index (κ2) is 17.6. The van der Waals surface area contributed by atoms with Gasteiger partial charge in [0.15, 0.2) is 17.5 Å². The smallest absolute Gasteiger partial charge is 0.291 e. The topological polar surface area (TPSA) is 131 Å². The Morgan fingerprint density at radius 1 is 0.982 bits per heavy atom. The number of benzene rings is 2. The quantitative estimate of drug-likeness (QED) is 0.150. The summed E-state index contributed by atoms with van der Waals surface area (Å²) in [5.74, 6) is -2.60.